The average molecular weight is 266 g/mol. The summed E-state index contributed by atoms with van der Waals surface area (Å²) in [5.74, 6) is -0.174. The number of ether oxygens (including phenoxy) is 1. The molecule has 3 N–H and O–H groups in total. The second-order valence-corrected chi connectivity index (χ2v) is 4.70. The molecule has 0 aliphatic heterocycles. The van der Waals surface area contributed by atoms with Crippen LogP contribution in [0.15, 0.2) is 24.3 Å². The number of thiocarbonyl (C=S) groups is 1. The van der Waals surface area contributed by atoms with Crippen LogP contribution in [0.1, 0.15) is 26.3 Å². The molecule has 1 atom stereocenters. The van der Waals surface area contributed by atoms with Gasteiger partial charge >= 0.3 is 0 Å². The van der Waals surface area contributed by atoms with E-state index in [1.165, 1.54) is 0 Å². The van der Waals surface area contributed by atoms with E-state index < -0.39 is 6.10 Å². The molecule has 0 saturated carbocycles. The zero-order valence-electron chi connectivity index (χ0n) is 10.8. The summed E-state index contributed by atoms with van der Waals surface area (Å²) < 4.78 is 5.39. The Morgan fingerprint density at radius 3 is 2.28 bits per heavy atom. The van der Waals surface area contributed by atoms with E-state index in [2.05, 4.69) is 5.32 Å². The minimum Gasteiger partial charge on any atom is -0.389 e. The van der Waals surface area contributed by atoms with Crippen molar-refractivity contribution >= 4 is 28.8 Å². The third kappa shape index (κ3) is 4.43. The molecule has 0 fully saturated rings. The molecule has 0 aliphatic carbocycles. The maximum Gasteiger partial charge on any atom is 0.253 e. The number of benzene rings is 1. The lowest BCUT2D eigenvalue weighted by Crippen LogP contribution is -2.29. The van der Waals surface area contributed by atoms with Crippen molar-refractivity contribution in [2.75, 3.05) is 5.32 Å². The smallest absolute Gasteiger partial charge is 0.253 e. The van der Waals surface area contributed by atoms with E-state index in [1.54, 1.807) is 31.2 Å². The fraction of sp³-hybridized carbons (Fsp3) is 0.385. The fourth-order valence-electron chi connectivity index (χ4n) is 1.43. The zero-order chi connectivity index (χ0) is 13.7. The molecule has 1 amide bonds. The van der Waals surface area contributed by atoms with E-state index in [-0.39, 0.29) is 12.0 Å². The highest BCUT2D eigenvalue weighted by Crippen LogP contribution is 2.10. The molecule has 0 aromatic heterocycles. The molecule has 0 bridgehead atoms. The van der Waals surface area contributed by atoms with Gasteiger partial charge in [-0.05, 0) is 45.0 Å². The van der Waals surface area contributed by atoms with Gasteiger partial charge in [0.25, 0.3) is 5.91 Å². The Morgan fingerprint density at radius 2 is 1.83 bits per heavy atom. The van der Waals surface area contributed by atoms with E-state index in [1.807, 2.05) is 13.8 Å². The molecular weight excluding hydrogens is 248 g/mol. The van der Waals surface area contributed by atoms with Crippen LogP contribution in [0.4, 0.5) is 5.69 Å². The van der Waals surface area contributed by atoms with E-state index in [4.69, 9.17) is 22.7 Å². The molecule has 1 aromatic rings. The first-order chi connectivity index (χ1) is 8.40. The normalized spacial score (nSPS) is 12.2. The van der Waals surface area contributed by atoms with Gasteiger partial charge in [-0.25, -0.2) is 0 Å². The van der Waals surface area contributed by atoms with Crippen LogP contribution in [-0.2, 0) is 9.53 Å². The van der Waals surface area contributed by atoms with E-state index >= 15 is 0 Å². The van der Waals surface area contributed by atoms with E-state index in [9.17, 15) is 4.79 Å². The second-order valence-electron chi connectivity index (χ2n) is 4.26. The van der Waals surface area contributed by atoms with Crippen LogP contribution < -0.4 is 11.1 Å². The summed E-state index contributed by atoms with van der Waals surface area (Å²) in [6, 6.07) is 7.06. The summed E-state index contributed by atoms with van der Waals surface area (Å²) in [6.07, 6.45) is -0.469. The van der Waals surface area contributed by atoms with Gasteiger partial charge in [0.1, 0.15) is 11.1 Å². The van der Waals surface area contributed by atoms with Gasteiger partial charge in [-0.1, -0.05) is 12.2 Å². The van der Waals surface area contributed by atoms with Crippen molar-refractivity contribution in [3.05, 3.63) is 29.8 Å². The molecule has 1 rings (SSSR count). The fourth-order valence-corrected chi connectivity index (χ4v) is 1.57. The highest BCUT2D eigenvalue weighted by Gasteiger charge is 2.14. The topological polar surface area (TPSA) is 64.3 Å². The van der Waals surface area contributed by atoms with Crippen LogP contribution in [0.5, 0.6) is 0 Å². The van der Waals surface area contributed by atoms with Crippen molar-refractivity contribution in [1.29, 1.82) is 0 Å². The third-order valence-electron chi connectivity index (χ3n) is 2.28. The minimum atomic E-state index is -0.486. The minimum absolute atomic E-state index is 0.0164. The number of hydrogen-bond acceptors (Lipinski definition) is 3. The molecule has 4 nitrogen and oxygen atoms in total. The molecular formula is C13H18N2O2S. The quantitative estimate of drug-likeness (QED) is 0.801. The molecule has 1 unspecified atom stereocenters. The van der Waals surface area contributed by atoms with Crippen LogP contribution in [0.2, 0.25) is 0 Å². The van der Waals surface area contributed by atoms with Crippen molar-refractivity contribution in [3.63, 3.8) is 0 Å². The van der Waals surface area contributed by atoms with Gasteiger partial charge in [-0.2, -0.15) is 0 Å². The number of nitrogens with two attached hydrogens (primary N) is 1. The molecule has 5 heteroatoms. The van der Waals surface area contributed by atoms with Gasteiger partial charge in [0, 0.05) is 11.3 Å². The Hall–Kier alpha value is -1.46. The zero-order valence-corrected chi connectivity index (χ0v) is 11.6. The maximum absolute atomic E-state index is 11.8. The van der Waals surface area contributed by atoms with Gasteiger partial charge in [-0.15, -0.1) is 0 Å². The van der Waals surface area contributed by atoms with Crippen molar-refractivity contribution in [1.82, 2.24) is 0 Å². The van der Waals surface area contributed by atoms with Gasteiger partial charge in [0.2, 0.25) is 0 Å². The molecule has 0 radical (unpaired) electrons. The molecule has 1 aromatic carbocycles. The number of carbonyl (C=O) groups is 1. The first-order valence-electron chi connectivity index (χ1n) is 5.76. The summed E-state index contributed by atoms with van der Waals surface area (Å²) in [6.45, 7) is 5.50. The Labute approximate surface area is 113 Å². The largest absolute Gasteiger partial charge is 0.389 e. The summed E-state index contributed by atoms with van der Waals surface area (Å²) in [7, 11) is 0. The number of carbonyl (C=O) groups excluding carboxylic acids is 1. The van der Waals surface area contributed by atoms with Crippen molar-refractivity contribution in [2.45, 2.75) is 33.0 Å². The van der Waals surface area contributed by atoms with Crippen molar-refractivity contribution < 1.29 is 9.53 Å². The van der Waals surface area contributed by atoms with Crippen molar-refractivity contribution in [2.24, 2.45) is 5.73 Å². The number of hydrogen-bond donors (Lipinski definition) is 2. The second kappa shape index (κ2) is 6.47. The van der Waals surface area contributed by atoms with Gasteiger partial charge in [-0.3, -0.25) is 4.79 Å². The Kier molecular flexibility index (Phi) is 5.25. The van der Waals surface area contributed by atoms with Crippen LogP contribution in [0.25, 0.3) is 0 Å². The number of amides is 1. The summed E-state index contributed by atoms with van der Waals surface area (Å²) in [5, 5.41) is 2.77. The van der Waals surface area contributed by atoms with Gasteiger partial charge < -0.3 is 15.8 Å². The van der Waals surface area contributed by atoms with E-state index in [0.29, 0.717) is 10.7 Å². The molecule has 0 heterocycles. The highest BCUT2D eigenvalue weighted by atomic mass is 32.1. The Balaban J connectivity index is 2.62. The van der Waals surface area contributed by atoms with Gasteiger partial charge in [0.15, 0.2) is 0 Å². The lowest BCUT2D eigenvalue weighted by Gasteiger charge is -2.15. The lowest BCUT2D eigenvalue weighted by molar-refractivity contribution is -0.128. The SMILES string of the molecule is CC(C)OC(C)C(=O)Nc1ccc(C(N)=S)cc1. The average Bonchev–Trinajstić information content (AvgIpc) is 2.28. The molecule has 0 saturated heterocycles. The van der Waals surface area contributed by atoms with Crippen LogP contribution in [-0.4, -0.2) is 23.1 Å². The maximum atomic E-state index is 11.8. The first kappa shape index (κ1) is 14.6. The summed E-state index contributed by atoms with van der Waals surface area (Å²) >= 11 is 4.85. The van der Waals surface area contributed by atoms with Gasteiger partial charge in [0.05, 0.1) is 6.10 Å². The van der Waals surface area contributed by atoms with Crippen molar-refractivity contribution in [3.8, 4) is 0 Å². The Morgan fingerprint density at radius 1 is 1.28 bits per heavy atom. The van der Waals surface area contributed by atoms with Crippen LogP contribution >= 0.6 is 12.2 Å². The molecule has 0 spiro atoms. The third-order valence-corrected chi connectivity index (χ3v) is 2.52. The summed E-state index contributed by atoms with van der Waals surface area (Å²) in [5.41, 5.74) is 6.96. The molecule has 98 valence electrons. The summed E-state index contributed by atoms with van der Waals surface area (Å²) in [4.78, 5) is 12.1. The number of nitrogens with one attached hydrogen (secondary N) is 1. The first-order valence-corrected chi connectivity index (χ1v) is 6.17. The molecule has 18 heavy (non-hydrogen) atoms. The highest BCUT2D eigenvalue weighted by molar-refractivity contribution is 7.80. The molecule has 0 aliphatic rings. The Bertz CT molecular complexity index is 429. The van der Waals surface area contributed by atoms with E-state index in [0.717, 1.165) is 5.56 Å². The predicted molar refractivity (Wildman–Crippen MR) is 76.6 cm³/mol. The lowest BCUT2D eigenvalue weighted by atomic mass is 10.2. The van der Waals surface area contributed by atoms with Crippen LogP contribution in [0, 0.1) is 0 Å². The standard InChI is InChI=1S/C13H18N2O2S/c1-8(2)17-9(3)13(16)15-11-6-4-10(5-7-11)12(14)18/h4-9H,1-3H3,(H2,14,18)(H,15,16). The number of anilines is 1. The monoisotopic (exact) mass is 266 g/mol. The number of rotatable bonds is 5. The van der Waals surface area contributed by atoms with Crippen LogP contribution in [0.3, 0.4) is 0 Å². The predicted octanol–water partition coefficient (Wildman–Crippen LogP) is 2.07.